The molecule has 106 valence electrons. The maximum atomic E-state index is 12.4. The van der Waals surface area contributed by atoms with Gasteiger partial charge in [0, 0.05) is 20.2 Å². The Kier molecular flexibility index (Phi) is 3.67. The molecule has 0 radical (unpaired) electrons. The number of rotatable bonds is 4. The van der Waals surface area contributed by atoms with Crippen molar-refractivity contribution in [2.24, 2.45) is 17.3 Å². The molecule has 5 nitrogen and oxygen atoms in total. The van der Waals surface area contributed by atoms with Gasteiger partial charge in [-0.3, -0.25) is 9.59 Å². The summed E-state index contributed by atoms with van der Waals surface area (Å²) in [4.78, 5) is 25.2. The number of aliphatic carboxylic acids is 1. The van der Waals surface area contributed by atoms with Crippen LogP contribution in [0.1, 0.15) is 20.3 Å². The van der Waals surface area contributed by atoms with Gasteiger partial charge in [-0.15, -0.1) is 0 Å². The number of carbonyl (C=O) groups excluding carboxylic acids is 1. The van der Waals surface area contributed by atoms with Gasteiger partial charge in [-0.2, -0.15) is 0 Å². The molecular formula is C14H21NO4. The fourth-order valence-electron chi connectivity index (χ4n) is 2.98. The van der Waals surface area contributed by atoms with Crippen molar-refractivity contribution in [3.8, 4) is 0 Å². The number of carboxylic acid groups (broad SMARTS) is 1. The van der Waals surface area contributed by atoms with Gasteiger partial charge in [0.25, 0.3) is 0 Å². The first-order chi connectivity index (χ1) is 8.89. The minimum atomic E-state index is -0.865. The van der Waals surface area contributed by atoms with E-state index in [1.54, 1.807) is 12.0 Å². The topological polar surface area (TPSA) is 66.8 Å². The van der Waals surface area contributed by atoms with E-state index in [4.69, 9.17) is 9.84 Å². The number of nitrogens with zero attached hydrogens (tertiary/aromatic N) is 1. The van der Waals surface area contributed by atoms with Crippen LogP contribution >= 0.6 is 0 Å². The molecule has 0 aromatic rings. The quantitative estimate of drug-likeness (QED) is 0.776. The zero-order valence-electron chi connectivity index (χ0n) is 11.7. The highest BCUT2D eigenvalue weighted by Crippen LogP contribution is 2.59. The Hall–Kier alpha value is -1.36. The molecule has 1 fully saturated rings. The fraction of sp³-hybridized carbons (Fsp3) is 0.714. The van der Waals surface area contributed by atoms with Crippen molar-refractivity contribution in [1.82, 2.24) is 4.90 Å². The summed E-state index contributed by atoms with van der Waals surface area (Å²) in [6.07, 6.45) is 2.82. The van der Waals surface area contributed by atoms with E-state index in [0.29, 0.717) is 19.7 Å². The average Bonchev–Trinajstić information content (AvgIpc) is 2.93. The predicted octanol–water partition coefficient (Wildman–Crippen LogP) is 1.15. The molecule has 0 unspecified atom stereocenters. The lowest BCUT2D eigenvalue weighted by atomic mass is 10.1. The number of ether oxygens (including phenoxy) is 1. The second kappa shape index (κ2) is 4.96. The van der Waals surface area contributed by atoms with Gasteiger partial charge >= 0.3 is 5.97 Å². The standard InChI is InChI=1S/C14H21NO4/c1-14(2)10(11(14)13(17)18)12(16)15-6-4-9(5-7-15)8-19-3/h4,10-11H,5-8H2,1-3H3,(H,17,18)/t10-,11+/m1/s1. The number of carbonyl (C=O) groups is 2. The van der Waals surface area contributed by atoms with Crippen LogP contribution in [0.4, 0.5) is 0 Å². The van der Waals surface area contributed by atoms with E-state index in [1.807, 2.05) is 19.9 Å². The first kappa shape index (κ1) is 14.1. The van der Waals surface area contributed by atoms with Crippen LogP contribution < -0.4 is 0 Å². The second-order valence-electron chi connectivity index (χ2n) is 5.94. The maximum absolute atomic E-state index is 12.4. The molecule has 0 aromatic carbocycles. The third-order valence-electron chi connectivity index (χ3n) is 4.30. The number of hydrogen-bond donors (Lipinski definition) is 1. The van der Waals surface area contributed by atoms with Crippen molar-refractivity contribution in [2.45, 2.75) is 20.3 Å². The molecule has 1 saturated carbocycles. The number of amides is 1. The molecule has 1 heterocycles. The predicted molar refractivity (Wildman–Crippen MR) is 69.6 cm³/mol. The molecule has 1 amide bonds. The Morgan fingerprint density at radius 1 is 1.47 bits per heavy atom. The van der Waals surface area contributed by atoms with Gasteiger partial charge in [-0.1, -0.05) is 19.9 Å². The van der Waals surface area contributed by atoms with Crippen LogP contribution in [-0.4, -0.2) is 48.7 Å². The second-order valence-corrected chi connectivity index (χ2v) is 5.94. The molecule has 2 atom stereocenters. The van der Waals surface area contributed by atoms with Crippen LogP contribution in [0.25, 0.3) is 0 Å². The van der Waals surface area contributed by atoms with Crippen molar-refractivity contribution >= 4 is 11.9 Å². The Morgan fingerprint density at radius 3 is 2.58 bits per heavy atom. The average molecular weight is 267 g/mol. The van der Waals surface area contributed by atoms with Crippen LogP contribution in [-0.2, 0) is 14.3 Å². The van der Waals surface area contributed by atoms with Gasteiger partial charge < -0.3 is 14.7 Å². The summed E-state index contributed by atoms with van der Waals surface area (Å²) in [6.45, 7) is 5.53. The Labute approximate surface area is 113 Å². The Balaban J connectivity index is 1.98. The van der Waals surface area contributed by atoms with Crippen molar-refractivity contribution < 1.29 is 19.4 Å². The minimum Gasteiger partial charge on any atom is -0.481 e. The zero-order valence-corrected chi connectivity index (χ0v) is 11.7. The zero-order chi connectivity index (χ0) is 14.2. The largest absolute Gasteiger partial charge is 0.481 e. The highest BCUT2D eigenvalue weighted by atomic mass is 16.5. The lowest BCUT2D eigenvalue weighted by Gasteiger charge is -2.27. The van der Waals surface area contributed by atoms with E-state index in [9.17, 15) is 9.59 Å². The Bertz CT molecular complexity index is 427. The summed E-state index contributed by atoms with van der Waals surface area (Å²) < 4.78 is 5.07. The molecule has 1 aliphatic heterocycles. The molecule has 0 saturated heterocycles. The van der Waals surface area contributed by atoms with E-state index in [2.05, 4.69) is 0 Å². The molecule has 2 rings (SSSR count). The van der Waals surface area contributed by atoms with E-state index in [-0.39, 0.29) is 11.8 Å². The third kappa shape index (κ3) is 2.52. The molecular weight excluding hydrogens is 246 g/mol. The summed E-state index contributed by atoms with van der Waals surface area (Å²) in [6, 6.07) is 0. The molecule has 2 aliphatic rings. The number of carboxylic acids is 1. The van der Waals surface area contributed by atoms with Crippen LogP contribution in [0.15, 0.2) is 11.6 Å². The van der Waals surface area contributed by atoms with Crippen molar-refractivity contribution in [1.29, 1.82) is 0 Å². The monoisotopic (exact) mass is 267 g/mol. The first-order valence-electron chi connectivity index (χ1n) is 6.58. The van der Waals surface area contributed by atoms with Crippen molar-refractivity contribution in [3.05, 3.63) is 11.6 Å². The van der Waals surface area contributed by atoms with Gasteiger partial charge in [0.2, 0.25) is 5.91 Å². The summed E-state index contributed by atoms with van der Waals surface area (Å²) >= 11 is 0. The smallest absolute Gasteiger partial charge is 0.307 e. The minimum absolute atomic E-state index is 0.0230. The van der Waals surface area contributed by atoms with Gasteiger partial charge in [-0.05, 0) is 17.4 Å². The summed E-state index contributed by atoms with van der Waals surface area (Å²) in [7, 11) is 1.66. The van der Waals surface area contributed by atoms with Gasteiger partial charge in [0.05, 0.1) is 18.4 Å². The molecule has 0 spiro atoms. The van der Waals surface area contributed by atoms with E-state index in [1.165, 1.54) is 5.57 Å². The van der Waals surface area contributed by atoms with Gasteiger partial charge in [0.1, 0.15) is 0 Å². The summed E-state index contributed by atoms with van der Waals surface area (Å²) in [5.74, 6) is -1.80. The SMILES string of the molecule is COCC1=CCN(C(=O)[C@H]2[C@@H](C(=O)O)C2(C)C)CC1. The first-order valence-corrected chi connectivity index (χ1v) is 6.58. The molecule has 19 heavy (non-hydrogen) atoms. The lowest BCUT2D eigenvalue weighted by Crippen LogP contribution is -2.37. The molecule has 1 aliphatic carbocycles. The summed E-state index contributed by atoms with van der Waals surface area (Å²) in [5, 5.41) is 9.12. The summed E-state index contributed by atoms with van der Waals surface area (Å²) in [5.41, 5.74) is 0.788. The van der Waals surface area contributed by atoms with E-state index >= 15 is 0 Å². The van der Waals surface area contributed by atoms with Gasteiger partial charge in [0.15, 0.2) is 0 Å². The molecule has 0 bridgehead atoms. The highest BCUT2D eigenvalue weighted by molar-refractivity contribution is 5.91. The van der Waals surface area contributed by atoms with Gasteiger partial charge in [-0.25, -0.2) is 0 Å². The van der Waals surface area contributed by atoms with Crippen LogP contribution in [0, 0.1) is 17.3 Å². The Morgan fingerprint density at radius 2 is 2.16 bits per heavy atom. The van der Waals surface area contributed by atoms with Crippen molar-refractivity contribution in [3.63, 3.8) is 0 Å². The molecule has 0 aromatic heterocycles. The van der Waals surface area contributed by atoms with E-state index in [0.717, 1.165) is 6.42 Å². The van der Waals surface area contributed by atoms with Crippen LogP contribution in [0.5, 0.6) is 0 Å². The molecule has 5 heteroatoms. The molecule has 1 N–H and O–H groups in total. The van der Waals surface area contributed by atoms with E-state index < -0.39 is 17.3 Å². The van der Waals surface area contributed by atoms with Crippen molar-refractivity contribution in [2.75, 3.05) is 26.8 Å². The lowest BCUT2D eigenvalue weighted by molar-refractivity contribution is -0.142. The highest BCUT2D eigenvalue weighted by Gasteiger charge is 2.66. The van der Waals surface area contributed by atoms with Crippen LogP contribution in [0.2, 0.25) is 0 Å². The number of methoxy groups -OCH3 is 1. The fourth-order valence-corrected chi connectivity index (χ4v) is 2.98. The third-order valence-corrected chi connectivity index (χ3v) is 4.30. The maximum Gasteiger partial charge on any atom is 0.307 e. The van der Waals surface area contributed by atoms with Crippen LogP contribution in [0.3, 0.4) is 0 Å². The normalized spacial score (nSPS) is 28.8. The number of hydrogen-bond acceptors (Lipinski definition) is 3.